The van der Waals surface area contributed by atoms with Crippen LogP contribution >= 0.6 is 0 Å². The van der Waals surface area contributed by atoms with Gasteiger partial charge in [0.25, 0.3) is 5.91 Å². The van der Waals surface area contributed by atoms with Crippen molar-refractivity contribution in [2.24, 2.45) is 5.16 Å². The van der Waals surface area contributed by atoms with Crippen LogP contribution in [0.5, 0.6) is 0 Å². The highest BCUT2D eigenvalue weighted by molar-refractivity contribution is 6.03. The second-order valence-corrected chi connectivity index (χ2v) is 4.74. The third kappa shape index (κ3) is 3.32. The lowest BCUT2D eigenvalue weighted by atomic mass is 10.1. The summed E-state index contributed by atoms with van der Waals surface area (Å²) < 4.78 is 0. The Hall–Kier alpha value is -1.88. The zero-order valence-corrected chi connectivity index (χ0v) is 10.7. The fourth-order valence-electron chi connectivity index (χ4n) is 2.36. The third-order valence-electron chi connectivity index (χ3n) is 3.42. The smallest absolute Gasteiger partial charge is 0.251 e. The van der Waals surface area contributed by atoms with E-state index in [4.69, 9.17) is 10.3 Å². The van der Waals surface area contributed by atoms with Gasteiger partial charge in [-0.15, -0.1) is 0 Å². The lowest BCUT2D eigenvalue weighted by Gasteiger charge is -2.12. The number of aliphatic hydroxyl groups is 1. The molecule has 0 saturated heterocycles. The highest BCUT2D eigenvalue weighted by Gasteiger charge is 2.18. The zero-order chi connectivity index (χ0) is 13.7. The summed E-state index contributed by atoms with van der Waals surface area (Å²) >= 11 is 0. The normalized spacial score (nSPS) is 16.6. The summed E-state index contributed by atoms with van der Waals surface area (Å²) in [6, 6.07) is 6.99. The second-order valence-electron chi connectivity index (χ2n) is 4.74. The maximum absolute atomic E-state index is 12.1. The van der Waals surface area contributed by atoms with Crippen LogP contribution in [-0.4, -0.2) is 34.6 Å². The van der Waals surface area contributed by atoms with Gasteiger partial charge in [-0.2, -0.15) is 0 Å². The van der Waals surface area contributed by atoms with Crippen LogP contribution in [0.15, 0.2) is 29.4 Å². The van der Waals surface area contributed by atoms with Gasteiger partial charge in [0.15, 0.2) is 0 Å². The van der Waals surface area contributed by atoms with Crippen LogP contribution in [0.4, 0.5) is 0 Å². The highest BCUT2D eigenvalue weighted by atomic mass is 16.4. The summed E-state index contributed by atoms with van der Waals surface area (Å²) in [6.45, 7) is -0.371. The molecule has 19 heavy (non-hydrogen) atoms. The van der Waals surface area contributed by atoms with Gasteiger partial charge in [-0.1, -0.05) is 30.1 Å². The molecule has 102 valence electrons. The van der Waals surface area contributed by atoms with Crippen molar-refractivity contribution in [1.82, 2.24) is 5.32 Å². The SMILES string of the molecule is O=C(NC1CCCC1)c1cccc(/C(CO)=N\O)c1. The van der Waals surface area contributed by atoms with E-state index in [1.54, 1.807) is 24.3 Å². The summed E-state index contributed by atoms with van der Waals surface area (Å²) in [4.78, 5) is 12.1. The number of nitrogens with one attached hydrogen (secondary N) is 1. The van der Waals surface area contributed by atoms with Gasteiger partial charge in [0, 0.05) is 17.2 Å². The molecule has 5 heteroatoms. The summed E-state index contributed by atoms with van der Waals surface area (Å²) in [5, 5.41) is 23.8. The number of oxime groups is 1. The minimum absolute atomic E-state index is 0.121. The Labute approximate surface area is 111 Å². The minimum Gasteiger partial charge on any atom is -0.411 e. The van der Waals surface area contributed by atoms with Crippen LogP contribution in [0.2, 0.25) is 0 Å². The molecule has 3 N–H and O–H groups in total. The fraction of sp³-hybridized carbons (Fsp3) is 0.429. The number of carbonyl (C=O) groups excluding carboxylic acids is 1. The van der Waals surface area contributed by atoms with Gasteiger partial charge in [0.2, 0.25) is 0 Å². The van der Waals surface area contributed by atoms with E-state index in [1.807, 2.05) is 0 Å². The van der Waals surface area contributed by atoms with Gasteiger partial charge in [-0.05, 0) is 25.0 Å². The van der Waals surface area contributed by atoms with Crippen LogP contribution in [-0.2, 0) is 0 Å². The number of hydrogen-bond acceptors (Lipinski definition) is 4. The van der Waals surface area contributed by atoms with E-state index < -0.39 is 0 Å². The Balaban J connectivity index is 2.11. The maximum atomic E-state index is 12.1. The zero-order valence-electron chi connectivity index (χ0n) is 10.7. The van der Waals surface area contributed by atoms with E-state index >= 15 is 0 Å². The van der Waals surface area contributed by atoms with E-state index in [2.05, 4.69) is 10.5 Å². The number of nitrogens with zero attached hydrogens (tertiary/aromatic N) is 1. The predicted molar refractivity (Wildman–Crippen MR) is 71.6 cm³/mol. The standard InChI is InChI=1S/C14H18N2O3/c17-9-13(16-19)10-4-3-5-11(8-10)14(18)15-12-6-1-2-7-12/h3-5,8,12,17,19H,1-2,6-7,9H2,(H,15,18)/b16-13-. The molecule has 1 saturated carbocycles. The molecule has 5 nitrogen and oxygen atoms in total. The van der Waals surface area contributed by atoms with Gasteiger partial charge in [0.05, 0.1) is 6.61 Å². The molecule has 0 aliphatic heterocycles. The maximum Gasteiger partial charge on any atom is 0.251 e. The highest BCUT2D eigenvalue weighted by Crippen LogP contribution is 2.18. The Morgan fingerprint density at radius 2 is 2.00 bits per heavy atom. The molecular weight excluding hydrogens is 244 g/mol. The second kappa shape index (κ2) is 6.33. The molecule has 1 aromatic carbocycles. The van der Waals surface area contributed by atoms with Crippen molar-refractivity contribution < 1.29 is 15.1 Å². The minimum atomic E-state index is -0.371. The number of carbonyl (C=O) groups is 1. The molecule has 1 fully saturated rings. The third-order valence-corrected chi connectivity index (χ3v) is 3.42. The molecule has 0 unspecified atom stereocenters. The van der Waals surface area contributed by atoms with E-state index in [-0.39, 0.29) is 24.3 Å². The summed E-state index contributed by atoms with van der Waals surface area (Å²) in [5.41, 5.74) is 1.21. The molecule has 0 aromatic heterocycles. The average molecular weight is 262 g/mol. The van der Waals surface area contributed by atoms with Crippen LogP contribution in [0.1, 0.15) is 41.6 Å². The molecule has 0 spiro atoms. The number of rotatable bonds is 4. The Bertz CT molecular complexity index is 479. The van der Waals surface area contributed by atoms with E-state index in [0.717, 1.165) is 25.7 Å². The summed E-state index contributed by atoms with van der Waals surface area (Å²) in [6.07, 6.45) is 4.39. The number of hydrogen-bond donors (Lipinski definition) is 3. The largest absolute Gasteiger partial charge is 0.411 e. The molecule has 1 aliphatic carbocycles. The van der Waals surface area contributed by atoms with Crippen molar-refractivity contribution >= 4 is 11.6 Å². The molecule has 2 rings (SSSR count). The first-order valence-corrected chi connectivity index (χ1v) is 6.47. The van der Waals surface area contributed by atoms with Crippen molar-refractivity contribution in [2.45, 2.75) is 31.7 Å². The first-order valence-electron chi connectivity index (χ1n) is 6.47. The Kier molecular flexibility index (Phi) is 4.52. The fourth-order valence-corrected chi connectivity index (χ4v) is 2.36. The predicted octanol–water partition coefficient (Wildman–Crippen LogP) is 1.53. The van der Waals surface area contributed by atoms with Crippen molar-refractivity contribution in [1.29, 1.82) is 0 Å². The van der Waals surface area contributed by atoms with Crippen molar-refractivity contribution in [2.75, 3.05) is 6.61 Å². The van der Waals surface area contributed by atoms with Crippen LogP contribution < -0.4 is 5.32 Å². The van der Waals surface area contributed by atoms with Crippen LogP contribution in [0.25, 0.3) is 0 Å². The molecule has 0 atom stereocenters. The van der Waals surface area contributed by atoms with E-state index in [0.29, 0.717) is 11.1 Å². The molecule has 1 amide bonds. The first kappa shape index (κ1) is 13.5. The van der Waals surface area contributed by atoms with Gasteiger partial charge in [0.1, 0.15) is 5.71 Å². The summed E-state index contributed by atoms with van der Waals surface area (Å²) in [7, 11) is 0. The number of benzene rings is 1. The van der Waals surface area contributed by atoms with Crippen molar-refractivity contribution in [3.8, 4) is 0 Å². The molecule has 1 aromatic rings. The van der Waals surface area contributed by atoms with E-state index in [9.17, 15) is 4.79 Å². The lowest BCUT2D eigenvalue weighted by molar-refractivity contribution is 0.0938. The van der Waals surface area contributed by atoms with Gasteiger partial charge in [-0.3, -0.25) is 4.79 Å². The van der Waals surface area contributed by atoms with Crippen molar-refractivity contribution in [3.63, 3.8) is 0 Å². The molecule has 0 bridgehead atoms. The monoisotopic (exact) mass is 262 g/mol. The average Bonchev–Trinajstić information content (AvgIpc) is 2.93. The van der Waals surface area contributed by atoms with Crippen molar-refractivity contribution in [3.05, 3.63) is 35.4 Å². The molecule has 0 radical (unpaired) electrons. The van der Waals surface area contributed by atoms with Crippen LogP contribution in [0.3, 0.4) is 0 Å². The number of aliphatic hydroxyl groups excluding tert-OH is 1. The Morgan fingerprint density at radius 1 is 1.32 bits per heavy atom. The topological polar surface area (TPSA) is 81.9 Å². The molecular formula is C14H18N2O3. The van der Waals surface area contributed by atoms with E-state index in [1.165, 1.54) is 0 Å². The van der Waals surface area contributed by atoms with Gasteiger partial charge in [-0.25, -0.2) is 0 Å². The summed E-state index contributed by atoms with van der Waals surface area (Å²) in [5.74, 6) is -0.121. The van der Waals surface area contributed by atoms with Gasteiger partial charge < -0.3 is 15.6 Å². The first-order chi connectivity index (χ1) is 9.24. The Morgan fingerprint density at radius 3 is 2.63 bits per heavy atom. The lowest BCUT2D eigenvalue weighted by Crippen LogP contribution is -2.32. The molecule has 0 heterocycles. The van der Waals surface area contributed by atoms with Crippen LogP contribution in [0, 0.1) is 0 Å². The molecule has 1 aliphatic rings. The quantitative estimate of drug-likeness (QED) is 0.437. The van der Waals surface area contributed by atoms with Gasteiger partial charge >= 0.3 is 0 Å². The number of amides is 1.